The Bertz CT molecular complexity index is 1140. The zero-order valence-electron chi connectivity index (χ0n) is 18.9. The van der Waals surface area contributed by atoms with E-state index in [0.717, 1.165) is 22.4 Å². The zero-order chi connectivity index (χ0) is 23.6. The van der Waals surface area contributed by atoms with Crippen molar-refractivity contribution in [2.75, 3.05) is 31.1 Å². The quantitative estimate of drug-likeness (QED) is 0.496. The summed E-state index contributed by atoms with van der Waals surface area (Å²) in [5.74, 6) is -0.304. The van der Waals surface area contributed by atoms with Gasteiger partial charge in [0.25, 0.3) is 0 Å². The molecule has 0 N–H and O–H groups in total. The van der Waals surface area contributed by atoms with E-state index in [0.29, 0.717) is 36.9 Å². The summed E-state index contributed by atoms with van der Waals surface area (Å²) in [6.07, 6.45) is 4.79. The van der Waals surface area contributed by atoms with Crippen molar-refractivity contribution in [1.82, 2.24) is 14.9 Å². The van der Waals surface area contributed by atoms with E-state index in [2.05, 4.69) is 9.88 Å². The number of anilines is 1. The highest BCUT2D eigenvalue weighted by molar-refractivity contribution is 6.33. The van der Waals surface area contributed by atoms with E-state index in [1.807, 2.05) is 32.9 Å². The normalized spacial score (nSPS) is 14.3. The first-order valence-electron chi connectivity index (χ1n) is 10.8. The van der Waals surface area contributed by atoms with Crippen LogP contribution < -0.4 is 4.90 Å². The third-order valence-corrected chi connectivity index (χ3v) is 5.65. The van der Waals surface area contributed by atoms with Crippen LogP contribution in [0.5, 0.6) is 0 Å². The van der Waals surface area contributed by atoms with Gasteiger partial charge < -0.3 is 14.5 Å². The van der Waals surface area contributed by atoms with Gasteiger partial charge in [0, 0.05) is 55.3 Å². The molecule has 0 radical (unpaired) electrons. The lowest BCUT2D eigenvalue weighted by Gasteiger charge is -2.36. The molecule has 0 spiro atoms. The van der Waals surface area contributed by atoms with Crippen LogP contribution in [0.4, 0.5) is 14.9 Å². The number of benzene rings is 1. The van der Waals surface area contributed by atoms with Crippen molar-refractivity contribution < 1.29 is 13.9 Å². The monoisotopic (exact) mass is 468 g/mol. The number of pyridine rings is 2. The molecule has 1 fully saturated rings. The van der Waals surface area contributed by atoms with Crippen molar-refractivity contribution >= 4 is 23.4 Å². The first-order chi connectivity index (χ1) is 15.7. The number of rotatable bonds is 3. The number of ether oxygens (including phenoxy) is 1. The van der Waals surface area contributed by atoms with Crippen LogP contribution in [0.25, 0.3) is 22.4 Å². The molecule has 172 valence electrons. The van der Waals surface area contributed by atoms with Gasteiger partial charge in [-0.2, -0.15) is 0 Å². The highest BCUT2D eigenvalue weighted by Gasteiger charge is 2.26. The maximum atomic E-state index is 13.5. The van der Waals surface area contributed by atoms with Gasteiger partial charge in [0.2, 0.25) is 0 Å². The Hall–Kier alpha value is -3.19. The largest absolute Gasteiger partial charge is 0.444 e. The number of amides is 1. The number of carbonyl (C=O) groups is 1. The molecule has 0 aliphatic carbocycles. The standard InChI is InChI=1S/C25H26ClFN4O2/c1-25(2,3)33-24(32)31-12-10-30(11-13-31)19-14-21(20-8-9-28-16-22(20)26)23(29-15-19)17-4-6-18(27)7-5-17/h4-9,14-16H,10-13H2,1-3H3. The highest BCUT2D eigenvalue weighted by Crippen LogP contribution is 2.36. The van der Waals surface area contributed by atoms with Gasteiger partial charge >= 0.3 is 6.09 Å². The van der Waals surface area contributed by atoms with Crippen LogP contribution in [-0.4, -0.2) is 52.7 Å². The van der Waals surface area contributed by atoms with Gasteiger partial charge in [-0.15, -0.1) is 0 Å². The lowest BCUT2D eigenvalue weighted by atomic mass is 9.99. The molecule has 4 rings (SSSR count). The molecule has 0 bridgehead atoms. The highest BCUT2D eigenvalue weighted by atomic mass is 35.5. The number of carbonyl (C=O) groups excluding carboxylic acids is 1. The Morgan fingerprint density at radius 3 is 2.36 bits per heavy atom. The van der Waals surface area contributed by atoms with E-state index >= 15 is 0 Å². The summed E-state index contributed by atoms with van der Waals surface area (Å²) >= 11 is 6.47. The SMILES string of the molecule is CC(C)(C)OC(=O)N1CCN(c2cnc(-c3ccc(F)cc3)c(-c3ccncc3Cl)c2)CC1. The minimum atomic E-state index is -0.521. The van der Waals surface area contributed by atoms with Crippen LogP contribution in [0.2, 0.25) is 5.02 Å². The second-order valence-electron chi connectivity index (χ2n) is 8.91. The predicted octanol–water partition coefficient (Wildman–Crippen LogP) is 5.66. The third kappa shape index (κ3) is 5.42. The van der Waals surface area contributed by atoms with Gasteiger partial charge in [-0.05, 0) is 57.2 Å². The smallest absolute Gasteiger partial charge is 0.410 e. The molecule has 1 amide bonds. The summed E-state index contributed by atoms with van der Waals surface area (Å²) in [6, 6.07) is 10.1. The first kappa shape index (κ1) is 23.0. The summed E-state index contributed by atoms with van der Waals surface area (Å²) in [7, 11) is 0. The van der Waals surface area contributed by atoms with E-state index in [-0.39, 0.29) is 11.9 Å². The maximum Gasteiger partial charge on any atom is 0.410 e. The second kappa shape index (κ2) is 9.35. The zero-order valence-corrected chi connectivity index (χ0v) is 19.6. The predicted molar refractivity (Wildman–Crippen MR) is 128 cm³/mol. The fourth-order valence-electron chi connectivity index (χ4n) is 3.74. The average molecular weight is 469 g/mol. The Morgan fingerprint density at radius 1 is 1.03 bits per heavy atom. The van der Waals surface area contributed by atoms with Crippen LogP contribution in [0.3, 0.4) is 0 Å². The van der Waals surface area contributed by atoms with E-state index in [4.69, 9.17) is 21.3 Å². The molecule has 1 aliphatic rings. The van der Waals surface area contributed by atoms with E-state index in [1.54, 1.807) is 35.6 Å². The Kier molecular flexibility index (Phi) is 6.51. The van der Waals surface area contributed by atoms with Crippen molar-refractivity contribution in [3.05, 3.63) is 65.8 Å². The minimum absolute atomic E-state index is 0.295. The number of hydrogen-bond acceptors (Lipinski definition) is 5. The second-order valence-corrected chi connectivity index (χ2v) is 9.31. The fourth-order valence-corrected chi connectivity index (χ4v) is 3.96. The molecule has 6 nitrogen and oxygen atoms in total. The lowest BCUT2D eigenvalue weighted by Crippen LogP contribution is -2.50. The van der Waals surface area contributed by atoms with E-state index in [1.165, 1.54) is 12.1 Å². The van der Waals surface area contributed by atoms with Gasteiger partial charge in [-0.1, -0.05) is 11.6 Å². The van der Waals surface area contributed by atoms with Gasteiger partial charge in [0.1, 0.15) is 11.4 Å². The molecule has 3 heterocycles. The summed E-state index contributed by atoms with van der Waals surface area (Å²) in [6.45, 7) is 8.00. The minimum Gasteiger partial charge on any atom is -0.444 e. The summed E-state index contributed by atoms with van der Waals surface area (Å²) in [5, 5.41) is 0.509. The molecule has 3 aromatic rings. The average Bonchev–Trinajstić information content (AvgIpc) is 2.79. The number of aromatic nitrogens is 2. The third-order valence-electron chi connectivity index (χ3n) is 5.35. The molecule has 33 heavy (non-hydrogen) atoms. The molecular formula is C25H26ClFN4O2. The summed E-state index contributed by atoms with van der Waals surface area (Å²) in [5.41, 5.74) is 3.54. The maximum absolute atomic E-state index is 13.5. The van der Waals surface area contributed by atoms with Gasteiger partial charge in [0.05, 0.1) is 22.6 Å². The number of hydrogen-bond donors (Lipinski definition) is 0. The molecule has 1 aliphatic heterocycles. The van der Waals surface area contributed by atoms with E-state index < -0.39 is 5.60 Å². The summed E-state index contributed by atoms with van der Waals surface area (Å²) in [4.78, 5) is 25.1. The van der Waals surface area contributed by atoms with Crippen molar-refractivity contribution in [1.29, 1.82) is 0 Å². The van der Waals surface area contributed by atoms with E-state index in [9.17, 15) is 9.18 Å². The van der Waals surface area contributed by atoms with Crippen molar-refractivity contribution in [3.8, 4) is 22.4 Å². The topological polar surface area (TPSA) is 58.6 Å². The molecule has 0 saturated carbocycles. The fraction of sp³-hybridized carbons (Fsp3) is 0.320. The van der Waals surface area contributed by atoms with Gasteiger partial charge in [0.15, 0.2) is 0 Å². The Morgan fingerprint density at radius 2 is 1.73 bits per heavy atom. The van der Waals surface area contributed by atoms with Crippen molar-refractivity contribution in [2.24, 2.45) is 0 Å². The molecule has 1 aromatic carbocycles. The Balaban J connectivity index is 1.62. The number of piperazine rings is 1. The summed E-state index contributed by atoms with van der Waals surface area (Å²) < 4.78 is 19.0. The molecule has 1 saturated heterocycles. The van der Waals surface area contributed by atoms with Gasteiger partial charge in [-0.25, -0.2) is 9.18 Å². The van der Waals surface area contributed by atoms with Gasteiger partial charge in [-0.3, -0.25) is 9.97 Å². The van der Waals surface area contributed by atoms with Crippen LogP contribution >= 0.6 is 11.6 Å². The van der Waals surface area contributed by atoms with Crippen molar-refractivity contribution in [3.63, 3.8) is 0 Å². The van der Waals surface area contributed by atoms with Crippen LogP contribution in [0.15, 0.2) is 55.0 Å². The van der Waals surface area contributed by atoms with Crippen LogP contribution in [0.1, 0.15) is 20.8 Å². The molecule has 0 atom stereocenters. The molecule has 8 heteroatoms. The number of halogens is 2. The lowest BCUT2D eigenvalue weighted by molar-refractivity contribution is 0.0240. The molecule has 2 aromatic heterocycles. The number of nitrogens with zero attached hydrogens (tertiary/aromatic N) is 4. The molecule has 0 unspecified atom stereocenters. The molecular weight excluding hydrogens is 443 g/mol. The van der Waals surface area contributed by atoms with Crippen molar-refractivity contribution in [2.45, 2.75) is 26.4 Å². The van der Waals surface area contributed by atoms with Crippen LogP contribution in [-0.2, 0) is 4.74 Å². The van der Waals surface area contributed by atoms with Crippen LogP contribution in [0, 0.1) is 5.82 Å². The first-order valence-corrected chi connectivity index (χ1v) is 11.2. The Labute approximate surface area is 198 Å².